The zero-order chi connectivity index (χ0) is 8.97. The molecule has 0 amide bonds. The lowest BCUT2D eigenvalue weighted by Gasteiger charge is -2.10. The molecular formula is C11H14O. The Kier molecular flexibility index (Phi) is 2.92. The minimum absolute atomic E-state index is 0.348. The number of benzene rings is 1. The molecule has 0 saturated heterocycles. The van der Waals surface area contributed by atoms with Crippen LogP contribution in [0.3, 0.4) is 0 Å². The molecule has 0 fully saturated rings. The summed E-state index contributed by atoms with van der Waals surface area (Å²) >= 11 is 0. The highest BCUT2D eigenvalue weighted by Crippen LogP contribution is 2.26. The van der Waals surface area contributed by atoms with Crippen LogP contribution in [0.4, 0.5) is 0 Å². The van der Waals surface area contributed by atoms with Gasteiger partial charge in [-0.1, -0.05) is 31.2 Å². The molecule has 0 N–H and O–H groups in total. The number of allylic oxidation sites excluding steroid dienone is 1. The van der Waals surface area contributed by atoms with Crippen LogP contribution in [0.25, 0.3) is 0 Å². The molecule has 0 bridgehead atoms. The molecule has 1 atom stereocenters. The molecule has 0 radical (unpaired) electrons. The van der Waals surface area contributed by atoms with Crippen molar-refractivity contribution in [1.82, 2.24) is 0 Å². The average molecular weight is 162 g/mol. The second kappa shape index (κ2) is 3.96. The third-order valence-corrected chi connectivity index (χ3v) is 1.98. The van der Waals surface area contributed by atoms with E-state index < -0.39 is 0 Å². The van der Waals surface area contributed by atoms with E-state index in [1.807, 2.05) is 24.3 Å². The van der Waals surface area contributed by atoms with Crippen LogP contribution in [-0.2, 0) is 0 Å². The van der Waals surface area contributed by atoms with Crippen molar-refractivity contribution >= 4 is 0 Å². The van der Waals surface area contributed by atoms with Crippen molar-refractivity contribution in [1.29, 1.82) is 0 Å². The quantitative estimate of drug-likeness (QED) is 0.621. The monoisotopic (exact) mass is 162 g/mol. The molecule has 1 aromatic carbocycles. The van der Waals surface area contributed by atoms with E-state index in [1.54, 1.807) is 7.11 Å². The van der Waals surface area contributed by atoms with Gasteiger partial charge in [0, 0.05) is 11.5 Å². The molecule has 0 aliphatic rings. The molecule has 0 aromatic heterocycles. The highest BCUT2D eigenvalue weighted by atomic mass is 16.5. The smallest absolute Gasteiger partial charge is 0.122 e. The molecule has 1 nitrogen and oxygen atoms in total. The summed E-state index contributed by atoms with van der Waals surface area (Å²) < 4.78 is 5.22. The Hall–Kier alpha value is -1.24. The van der Waals surface area contributed by atoms with Crippen LogP contribution in [0.5, 0.6) is 5.75 Å². The first-order chi connectivity index (χ1) is 5.79. The molecule has 0 saturated carbocycles. The Morgan fingerprint density at radius 3 is 2.67 bits per heavy atom. The van der Waals surface area contributed by atoms with E-state index in [1.165, 1.54) is 5.56 Å². The van der Waals surface area contributed by atoms with E-state index >= 15 is 0 Å². The second-order valence-electron chi connectivity index (χ2n) is 2.77. The Bertz CT molecular complexity index is 265. The van der Waals surface area contributed by atoms with Gasteiger partial charge in [0.2, 0.25) is 0 Å². The summed E-state index contributed by atoms with van der Waals surface area (Å²) in [6.45, 7) is 5.86. The molecule has 1 aromatic rings. The zero-order valence-electron chi connectivity index (χ0n) is 7.58. The molecule has 0 aliphatic carbocycles. The minimum Gasteiger partial charge on any atom is -0.496 e. The lowest BCUT2D eigenvalue weighted by Crippen LogP contribution is -1.93. The molecule has 0 aliphatic heterocycles. The van der Waals surface area contributed by atoms with Crippen LogP contribution in [0, 0.1) is 0 Å². The van der Waals surface area contributed by atoms with Crippen LogP contribution < -0.4 is 4.74 Å². The van der Waals surface area contributed by atoms with Crippen molar-refractivity contribution in [3.05, 3.63) is 42.5 Å². The van der Waals surface area contributed by atoms with Gasteiger partial charge in [0.05, 0.1) is 7.11 Å². The number of hydrogen-bond donors (Lipinski definition) is 0. The van der Waals surface area contributed by atoms with Crippen molar-refractivity contribution in [2.75, 3.05) is 7.11 Å². The summed E-state index contributed by atoms with van der Waals surface area (Å²) in [7, 11) is 1.69. The fraction of sp³-hybridized carbons (Fsp3) is 0.273. The molecule has 12 heavy (non-hydrogen) atoms. The van der Waals surface area contributed by atoms with E-state index in [-0.39, 0.29) is 0 Å². The maximum Gasteiger partial charge on any atom is 0.122 e. The van der Waals surface area contributed by atoms with E-state index in [0.717, 1.165) is 5.75 Å². The number of para-hydroxylation sites is 1. The molecule has 1 heteroatoms. The van der Waals surface area contributed by atoms with Crippen LogP contribution in [0.2, 0.25) is 0 Å². The van der Waals surface area contributed by atoms with Gasteiger partial charge in [0.15, 0.2) is 0 Å². The van der Waals surface area contributed by atoms with Gasteiger partial charge < -0.3 is 4.74 Å². The van der Waals surface area contributed by atoms with Gasteiger partial charge in [0.1, 0.15) is 5.75 Å². The Morgan fingerprint density at radius 1 is 1.42 bits per heavy atom. The van der Waals surface area contributed by atoms with Crippen molar-refractivity contribution in [2.24, 2.45) is 0 Å². The Balaban J connectivity index is 3.04. The lowest BCUT2D eigenvalue weighted by atomic mass is 10.0. The van der Waals surface area contributed by atoms with E-state index in [4.69, 9.17) is 4.74 Å². The van der Waals surface area contributed by atoms with Crippen molar-refractivity contribution < 1.29 is 4.74 Å². The summed E-state index contributed by atoms with van der Waals surface area (Å²) in [4.78, 5) is 0. The Labute approximate surface area is 73.7 Å². The first kappa shape index (κ1) is 8.85. The van der Waals surface area contributed by atoms with Crippen molar-refractivity contribution in [3.63, 3.8) is 0 Å². The van der Waals surface area contributed by atoms with Gasteiger partial charge in [-0.2, -0.15) is 0 Å². The maximum absolute atomic E-state index is 5.22. The third-order valence-electron chi connectivity index (χ3n) is 1.98. The molecule has 0 heterocycles. The van der Waals surface area contributed by atoms with Crippen LogP contribution in [0.1, 0.15) is 18.4 Å². The summed E-state index contributed by atoms with van der Waals surface area (Å²) in [5, 5.41) is 0. The molecule has 1 unspecified atom stereocenters. The largest absolute Gasteiger partial charge is 0.496 e. The van der Waals surface area contributed by atoms with Gasteiger partial charge in [-0.05, 0) is 6.07 Å². The highest BCUT2D eigenvalue weighted by molar-refractivity contribution is 5.37. The SMILES string of the molecule is C=CC(C)c1ccccc1OC. The highest BCUT2D eigenvalue weighted by Gasteiger charge is 2.05. The minimum atomic E-state index is 0.348. The van der Waals surface area contributed by atoms with Crippen molar-refractivity contribution in [2.45, 2.75) is 12.8 Å². The average Bonchev–Trinajstić information content (AvgIpc) is 2.16. The van der Waals surface area contributed by atoms with Crippen molar-refractivity contribution in [3.8, 4) is 5.75 Å². The second-order valence-corrected chi connectivity index (χ2v) is 2.77. The maximum atomic E-state index is 5.22. The fourth-order valence-electron chi connectivity index (χ4n) is 1.17. The molecular weight excluding hydrogens is 148 g/mol. The van der Waals surface area contributed by atoms with Crippen LogP contribution in [0.15, 0.2) is 36.9 Å². The first-order valence-corrected chi connectivity index (χ1v) is 4.05. The van der Waals surface area contributed by atoms with Crippen LogP contribution >= 0.6 is 0 Å². The van der Waals surface area contributed by atoms with Gasteiger partial charge >= 0.3 is 0 Å². The summed E-state index contributed by atoms with van der Waals surface area (Å²) in [5.41, 5.74) is 1.19. The van der Waals surface area contributed by atoms with E-state index in [9.17, 15) is 0 Å². The first-order valence-electron chi connectivity index (χ1n) is 4.05. The molecule has 64 valence electrons. The van der Waals surface area contributed by atoms with E-state index in [2.05, 4.69) is 19.6 Å². The summed E-state index contributed by atoms with van der Waals surface area (Å²) in [6.07, 6.45) is 1.91. The molecule has 1 rings (SSSR count). The fourth-order valence-corrected chi connectivity index (χ4v) is 1.17. The summed E-state index contributed by atoms with van der Waals surface area (Å²) in [5.74, 6) is 1.28. The van der Waals surface area contributed by atoms with Gasteiger partial charge in [-0.15, -0.1) is 6.58 Å². The Morgan fingerprint density at radius 2 is 2.08 bits per heavy atom. The predicted molar refractivity (Wildman–Crippen MR) is 51.6 cm³/mol. The van der Waals surface area contributed by atoms with Gasteiger partial charge in [-0.3, -0.25) is 0 Å². The molecule has 0 spiro atoms. The number of methoxy groups -OCH3 is 1. The number of rotatable bonds is 3. The standard InChI is InChI=1S/C11H14O/c1-4-9(2)10-7-5-6-8-11(10)12-3/h4-9H,1H2,2-3H3. The van der Waals surface area contributed by atoms with E-state index in [0.29, 0.717) is 5.92 Å². The number of ether oxygens (including phenoxy) is 1. The normalized spacial score (nSPS) is 12.2. The lowest BCUT2D eigenvalue weighted by molar-refractivity contribution is 0.408. The van der Waals surface area contributed by atoms with Crippen LogP contribution in [-0.4, -0.2) is 7.11 Å². The predicted octanol–water partition coefficient (Wildman–Crippen LogP) is 2.98. The van der Waals surface area contributed by atoms with Gasteiger partial charge in [-0.25, -0.2) is 0 Å². The number of hydrogen-bond acceptors (Lipinski definition) is 1. The third kappa shape index (κ3) is 1.67. The topological polar surface area (TPSA) is 9.23 Å². The zero-order valence-corrected chi connectivity index (χ0v) is 7.58. The summed E-state index contributed by atoms with van der Waals surface area (Å²) in [6, 6.07) is 8.01. The van der Waals surface area contributed by atoms with Gasteiger partial charge in [0.25, 0.3) is 0 Å².